The molecule has 18 heavy (non-hydrogen) atoms. The summed E-state index contributed by atoms with van der Waals surface area (Å²) in [6.45, 7) is 0.491. The predicted molar refractivity (Wildman–Crippen MR) is 75.2 cm³/mol. The monoisotopic (exact) mass is 326 g/mol. The van der Waals surface area contributed by atoms with Crippen LogP contribution in [0.4, 0.5) is 5.82 Å². The largest absolute Gasteiger partial charge is 0.347 e. The molecule has 0 aliphatic rings. The molecule has 2 aromatic rings. The molecular formula is C11H11BrN4OS. The molecule has 0 saturated heterocycles. The maximum atomic E-state index is 11.9. The summed E-state index contributed by atoms with van der Waals surface area (Å²) in [5.74, 6) is 5.54. The van der Waals surface area contributed by atoms with Crippen molar-refractivity contribution in [2.24, 2.45) is 5.84 Å². The van der Waals surface area contributed by atoms with Gasteiger partial charge in [0.25, 0.3) is 5.91 Å². The number of rotatable bonds is 4. The fourth-order valence-electron chi connectivity index (χ4n) is 1.36. The molecule has 2 aromatic heterocycles. The third-order valence-corrected chi connectivity index (χ3v) is 4.20. The van der Waals surface area contributed by atoms with Crippen LogP contribution in [0.25, 0.3) is 0 Å². The van der Waals surface area contributed by atoms with E-state index in [1.54, 1.807) is 23.5 Å². The average molecular weight is 327 g/mol. The summed E-state index contributed by atoms with van der Waals surface area (Å²) in [5, 5.41) is 4.81. The number of hydrogen-bond acceptors (Lipinski definition) is 5. The Bertz CT molecular complexity index is 557. The van der Waals surface area contributed by atoms with Crippen molar-refractivity contribution in [1.82, 2.24) is 10.3 Å². The Labute approximate surface area is 117 Å². The van der Waals surface area contributed by atoms with Gasteiger partial charge >= 0.3 is 0 Å². The summed E-state index contributed by atoms with van der Waals surface area (Å²) in [4.78, 5) is 16.9. The number of pyridine rings is 1. The molecule has 1 amide bonds. The molecule has 0 atom stereocenters. The van der Waals surface area contributed by atoms with Gasteiger partial charge in [0.1, 0.15) is 5.82 Å². The quantitative estimate of drug-likeness (QED) is 0.594. The van der Waals surface area contributed by atoms with Crippen molar-refractivity contribution in [3.63, 3.8) is 0 Å². The Balaban J connectivity index is 2.01. The Morgan fingerprint density at radius 3 is 3.00 bits per heavy atom. The zero-order chi connectivity index (χ0) is 13.0. The second-order valence-electron chi connectivity index (χ2n) is 3.45. The van der Waals surface area contributed by atoms with Crippen LogP contribution in [0, 0.1) is 0 Å². The first-order valence-corrected chi connectivity index (χ1v) is 6.80. The van der Waals surface area contributed by atoms with Gasteiger partial charge in [-0.2, -0.15) is 0 Å². The number of hydrazine groups is 1. The molecule has 94 valence electrons. The lowest BCUT2D eigenvalue weighted by molar-refractivity contribution is 0.0951. The van der Waals surface area contributed by atoms with E-state index in [1.807, 2.05) is 11.4 Å². The molecule has 0 radical (unpaired) electrons. The molecule has 0 fully saturated rings. The normalized spacial score (nSPS) is 10.1. The first-order valence-electron chi connectivity index (χ1n) is 5.13. The molecule has 0 bridgehead atoms. The summed E-state index contributed by atoms with van der Waals surface area (Å²) in [6, 6.07) is 5.19. The van der Waals surface area contributed by atoms with Crippen LogP contribution in [0.3, 0.4) is 0 Å². The van der Waals surface area contributed by atoms with E-state index < -0.39 is 0 Å². The Morgan fingerprint density at radius 1 is 1.50 bits per heavy atom. The van der Waals surface area contributed by atoms with Crippen LogP contribution >= 0.6 is 27.3 Å². The van der Waals surface area contributed by atoms with Crippen molar-refractivity contribution < 1.29 is 4.79 Å². The number of thiophene rings is 1. The van der Waals surface area contributed by atoms with Crippen LogP contribution in [-0.2, 0) is 6.54 Å². The molecule has 0 aromatic carbocycles. The number of nitrogens with one attached hydrogen (secondary N) is 2. The van der Waals surface area contributed by atoms with Crippen LogP contribution in [0.1, 0.15) is 15.2 Å². The van der Waals surface area contributed by atoms with Crippen molar-refractivity contribution in [1.29, 1.82) is 0 Å². The third-order valence-electron chi connectivity index (χ3n) is 2.27. The molecule has 0 aliphatic heterocycles. The van der Waals surface area contributed by atoms with E-state index in [0.29, 0.717) is 17.9 Å². The number of nitrogen functional groups attached to an aromatic ring is 1. The van der Waals surface area contributed by atoms with Crippen molar-refractivity contribution in [2.75, 3.05) is 5.43 Å². The SMILES string of the molecule is NNc1cc(C(=O)NCc2sccc2Br)ccn1. The lowest BCUT2D eigenvalue weighted by atomic mass is 10.2. The topological polar surface area (TPSA) is 80.0 Å². The van der Waals surface area contributed by atoms with E-state index >= 15 is 0 Å². The fourth-order valence-corrected chi connectivity index (χ4v) is 2.80. The second kappa shape index (κ2) is 5.94. The molecule has 0 unspecified atom stereocenters. The Hall–Kier alpha value is -1.44. The van der Waals surface area contributed by atoms with Gasteiger partial charge in [-0.3, -0.25) is 4.79 Å². The van der Waals surface area contributed by atoms with E-state index in [2.05, 4.69) is 31.7 Å². The summed E-state index contributed by atoms with van der Waals surface area (Å²) in [7, 11) is 0. The minimum absolute atomic E-state index is 0.158. The number of carbonyl (C=O) groups excluding carboxylic acids is 1. The fraction of sp³-hybridized carbons (Fsp3) is 0.0909. The molecule has 0 spiro atoms. The van der Waals surface area contributed by atoms with Gasteiger partial charge in [0.15, 0.2) is 0 Å². The standard InChI is InChI=1S/C11H11BrN4OS/c12-8-2-4-18-9(8)6-15-11(17)7-1-3-14-10(5-7)16-13/h1-5H,6,13H2,(H,14,16)(H,15,17). The molecule has 0 aliphatic carbocycles. The van der Waals surface area contributed by atoms with Crippen molar-refractivity contribution in [3.05, 3.63) is 44.7 Å². The highest BCUT2D eigenvalue weighted by Crippen LogP contribution is 2.22. The minimum Gasteiger partial charge on any atom is -0.347 e. The summed E-state index contributed by atoms with van der Waals surface area (Å²) in [5.41, 5.74) is 2.92. The van der Waals surface area contributed by atoms with E-state index in [0.717, 1.165) is 9.35 Å². The van der Waals surface area contributed by atoms with Gasteiger partial charge in [-0.25, -0.2) is 10.8 Å². The Kier molecular flexibility index (Phi) is 4.29. The molecule has 2 heterocycles. The van der Waals surface area contributed by atoms with Crippen LogP contribution in [0.15, 0.2) is 34.2 Å². The van der Waals surface area contributed by atoms with Gasteiger partial charge in [0.2, 0.25) is 0 Å². The summed E-state index contributed by atoms with van der Waals surface area (Å²) >= 11 is 5.01. The molecule has 0 saturated carbocycles. The van der Waals surface area contributed by atoms with Crippen LogP contribution in [0.2, 0.25) is 0 Å². The minimum atomic E-state index is -0.158. The highest BCUT2D eigenvalue weighted by Gasteiger charge is 2.08. The lowest BCUT2D eigenvalue weighted by Gasteiger charge is -2.05. The van der Waals surface area contributed by atoms with E-state index in [4.69, 9.17) is 5.84 Å². The molecular weight excluding hydrogens is 316 g/mol. The molecule has 7 heteroatoms. The number of carbonyl (C=O) groups is 1. The highest BCUT2D eigenvalue weighted by molar-refractivity contribution is 9.10. The van der Waals surface area contributed by atoms with Gasteiger partial charge in [0.05, 0.1) is 6.54 Å². The van der Waals surface area contributed by atoms with E-state index in [9.17, 15) is 4.79 Å². The van der Waals surface area contributed by atoms with Crippen molar-refractivity contribution in [2.45, 2.75) is 6.54 Å². The zero-order valence-corrected chi connectivity index (χ0v) is 11.7. The van der Waals surface area contributed by atoms with Crippen molar-refractivity contribution in [3.8, 4) is 0 Å². The van der Waals surface area contributed by atoms with E-state index in [-0.39, 0.29) is 5.91 Å². The number of halogens is 1. The number of hydrogen-bond donors (Lipinski definition) is 3. The maximum Gasteiger partial charge on any atom is 0.251 e. The van der Waals surface area contributed by atoms with Gasteiger partial charge < -0.3 is 10.7 Å². The van der Waals surface area contributed by atoms with Gasteiger partial charge in [-0.1, -0.05) is 0 Å². The first kappa shape index (κ1) is 13.0. The van der Waals surface area contributed by atoms with Gasteiger partial charge in [-0.05, 0) is 39.5 Å². The van der Waals surface area contributed by atoms with Gasteiger partial charge in [-0.15, -0.1) is 11.3 Å². The van der Waals surface area contributed by atoms with Crippen LogP contribution in [-0.4, -0.2) is 10.9 Å². The third kappa shape index (κ3) is 3.06. The van der Waals surface area contributed by atoms with Crippen molar-refractivity contribution >= 4 is 39.0 Å². The second-order valence-corrected chi connectivity index (χ2v) is 5.30. The maximum absolute atomic E-state index is 11.9. The predicted octanol–water partition coefficient (Wildman–Crippen LogP) is 2.12. The number of amides is 1. The lowest BCUT2D eigenvalue weighted by Crippen LogP contribution is -2.23. The molecule has 5 nitrogen and oxygen atoms in total. The number of aromatic nitrogens is 1. The average Bonchev–Trinajstić information content (AvgIpc) is 2.81. The summed E-state index contributed by atoms with van der Waals surface area (Å²) < 4.78 is 1.01. The van der Waals surface area contributed by atoms with Crippen LogP contribution in [0.5, 0.6) is 0 Å². The number of nitrogens with zero attached hydrogens (tertiary/aromatic N) is 1. The molecule has 2 rings (SSSR count). The number of anilines is 1. The smallest absolute Gasteiger partial charge is 0.251 e. The highest BCUT2D eigenvalue weighted by atomic mass is 79.9. The Morgan fingerprint density at radius 2 is 2.33 bits per heavy atom. The van der Waals surface area contributed by atoms with E-state index in [1.165, 1.54) is 6.20 Å². The van der Waals surface area contributed by atoms with Crippen LogP contribution < -0.4 is 16.6 Å². The number of nitrogens with two attached hydrogens (primary N) is 1. The van der Waals surface area contributed by atoms with Gasteiger partial charge in [0, 0.05) is 21.1 Å². The summed E-state index contributed by atoms with van der Waals surface area (Å²) in [6.07, 6.45) is 1.53. The molecule has 4 N–H and O–H groups in total. The first-order chi connectivity index (χ1) is 8.70. The zero-order valence-electron chi connectivity index (χ0n) is 9.31.